The molecule has 1 aliphatic heterocycles. The van der Waals surface area contributed by atoms with Gasteiger partial charge in [0, 0.05) is 12.0 Å². The Hall–Kier alpha value is -3.76. The van der Waals surface area contributed by atoms with E-state index >= 15 is 0 Å². The molecular formula is C20H12F4N4O3. The summed E-state index contributed by atoms with van der Waals surface area (Å²) in [6, 6.07) is 10.0. The second kappa shape index (κ2) is 6.89. The Morgan fingerprint density at radius 3 is 2.61 bits per heavy atom. The Bertz CT molecular complexity index is 1260. The number of benzene rings is 2. The molecule has 0 unspecified atom stereocenters. The molecule has 11 heteroatoms. The number of halogens is 4. The minimum absolute atomic E-state index is 0.0226. The van der Waals surface area contributed by atoms with Crippen LogP contribution in [-0.4, -0.2) is 21.0 Å². The van der Waals surface area contributed by atoms with Crippen LogP contribution in [0, 0.1) is 5.82 Å². The molecule has 2 aromatic carbocycles. The fraction of sp³-hybridized carbons (Fsp3) is 0.200. The number of anilines is 1. The molecule has 1 atom stereocenters. The monoisotopic (exact) mass is 432 g/mol. The number of alkyl halides is 3. The molecular weight excluding hydrogens is 420 g/mol. The van der Waals surface area contributed by atoms with Crippen LogP contribution in [0.3, 0.4) is 0 Å². The molecule has 0 saturated carbocycles. The van der Waals surface area contributed by atoms with E-state index in [2.05, 4.69) is 19.6 Å². The molecule has 4 aromatic rings. The van der Waals surface area contributed by atoms with Crippen molar-refractivity contribution in [1.29, 1.82) is 0 Å². The molecule has 0 aliphatic carbocycles. The number of amides is 1. The highest BCUT2D eigenvalue weighted by atomic mass is 19.4. The molecule has 0 spiro atoms. The summed E-state index contributed by atoms with van der Waals surface area (Å²) >= 11 is 0. The van der Waals surface area contributed by atoms with Crippen molar-refractivity contribution in [1.82, 2.24) is 15.1 Å². The lowest BCUT2D eigenvalue weighted by atomic mass is 10.1. The number of carbonyl (C=O) groups excluding carboxylic acids is 1. The molecule has 1 saturated heterocycles. The van der Waals surface area contributed by atoms with Gasteiger partial charge < -0.3 is 8.94 Å². The molecule has 3 heterocycles. The predicted octanol–water partition coefficient (Wildman–Crippen LogP) is 4.90. The Morgan fingerprint density at radius 2 is 1.90 bits per heavy atom. The number of carbonyl (C=O) groups is 1. The summed E-state index contributed by atoms with van der Waals surface area (Å²) in [5, 5.41) is 3.24. The van der Waals surface area contributed by atoms with Gasteiger partial charge in [-0.3, -0.25) is 9.69 Å². The highest BCUT2D eigenvalue weighted by Gasteiger charge is 2.39. The van der Waals surface area contributed by atoms with Gasteiger partial charge in [0.25, 0.3) is 0 Å². The van der Waals surface area contributed by atoms with Crippen LogP contribution in [0.1, 0.15) is 30.7 Å². The smallest absolute Gasteiger partial charge is 0.438 e. The molecule has 0 radical (unpaired) electrons. The van der Waals surface area contributed by atoms with Crippen LogP contribution in [0.5, 0.6) is 0 Å². The Kier molecular flexibility index (Phi) is 4.27. The first kappa shape index (κ1) is 19.2. The van der Waals surface area contributed by atoms with Gasteiger partial charge in [-0.15, -0.1) is 0 Å². The van der Waals surface area contributed by atoms with Gasteiger partial charge in [0.1, 0.15) is 17.4 Å². The average Bonchev–Trinajstić information content (AvgIpc) is 3.45. The number of nitrogens with zero attached hydrogens (tertiary/aromatic N) is 4. The molecule has 2 aromatic heterocycles. The molecule has 1 aliphatic rings. The van der Waals surface area contributed by atoms with Gasteiger partial charge in [-0.2, -0.15) is 18.2 Å². The van der Waals surface area contributed by atoms with E-state index in [9.17, 15) is 22.4 Å². The lowest BCUT2D eigenvalue weighted by Gasteiger charge is -2.23. The standard InChI is InChI=1S/C20H12F4N4O3/c21-11-9-10(17-26-19(31-27-17)20(22,23)24)5-6-13(11)28-14(7-8-16(28)29)18-25-12-3-1-2-4-15(12)30-18/h1-6,9,14H,7-8H2/t14-/m0/s1. The molecule has 0 bridgehead atoms. The highest BCUT2D eigenvalue weighted by molar-refractivity contribution is 5.96. The summed E-state index contributed by atoms with van der Waals surface area (Å²) < 4.78 is 62.9. The maximum Gasteiger partial charge on any atom is 0.471 e. The SMILES string of the molecule is O=C1CC[C@@H](c2nc3ccccc3o2)N1c1ccc(-c2noc(C(F)(F)F)n2)cc1F. The van der Waals surface area contributed by atoms with Crippen molar-refractivity contribution in [2.45, 2.75) is 25.1 Å². The van der Waals surface area contributed by atoms with E-state index in [-0.39, 0.29) is 29.5 Å². The summed E-state index contributed by atoms with van der Waals surface area (Å²) in [5.41, 5.74) is 1.10. The van der Waals surface area contributed by atoms with Gasteiger partial charge in [0.05, 0.1) is 5.69 Å². The maximum absolute atomic E-state index is 14.9. The lowest BCUT2D eigenvalue weighted by molar-refractivity contribution is -0.159. The zero-order valence-corrected chi connectivity index (χ0v) is 15.6. The molecule has 7 nitrogen and oxygen atoms in total. The topological polar surface area (TPSA) is 85.3 Å². The fourth-order valence-corrected chi connectivity index (χ4v) is 3.55. The average molecular weight is 432 g/mol. The second-order valence-electron chi connectivity index (χ2n) is 6.93. The van der Waals surface area contributed by atoms with Gasteiger partial charge in [-0.05, 0) is 36.8 Å². The third-order valence-electron chi connectivity index (χ3n) is 4.94. The number of hydrogen-bond donors (Lipinski definition) is 0. The molecule has 0 N–H and O–H groups in total. The van der Waals surface area contributed by atoms with E-state index in [4.69, 9.17) is 4.42 Å². The Balaban J connectivity index is 1.49. The van der Waals surface area contributed by atoms with Crippen molar-refractivity contribution in [2.75, 3.05) is 4.90 Å². The minimum atomic E-state index is -4.81. The minimum Gasteiger partial charge on any atom is -0.438 e. The third kappa shape index (κ3) is 3.31. The van der Waals surface area contributed by atoms with Gasteiger partial charge >= 0.3 is 12.1 Å². The largest absolute Gasteiger partial charge is 0.471 e. The Labute approximate surface area is 171 Å². The first-order valence-electron chi connectivity index (χ1n) is 9.19. The highest BCUT2D eigenvalue weighted by Crippen LogP contribution is 2.39. The van der Waals surface area contributed by atoms with Crippen molar-refractivity contribution in [3.63, 3.8) is 0 Å². The molecule has 158 valence electrons. The quantitative estimate of drug-likeness (QED) is 0.428. The second-order valence-corrected chi connectivity index (χ2v) is 6.93. The zero-order valence-electron chi connectivity index (χ0n) is 15.6. The normalized spacial score (nSPS) is 17.1. The fourth-order valence-electron chi connectivity index (χ4n) is 3.55. The lowest BCUT2D eigenvalue weighted by Crippen LogP contribution is -2.28. The summed E-state index contributed by atoms with van der Waals surface area (Å²) in [6.45, 7) is 0. The predicted molar refractivity (Wildman–Crippen MR) is 98.2 cm³/mol. The first-order valence-corrected chi connectivity index (χ1v) is 9.19. The van der Waals surface area contributed by atoms with E-state index in [0.717, 1.165) is 6.07 Å². The molecule has 31 heavy (non-hydrogen) atoms. The molecule has 5 rings (SSSR count). The number of oxazole rings is 1. The van der Waals surface area contributed by atoms with Crippen LogP contribution in [0.4, 0.5) is 23.2 Å². The van der Waals surface area contributed by atoms with Gasteiger partial charge in [0.2, 0.25) is 17.6 Å². The third-order valence-corrected chi connectivity index (χ3v) is 4.94. The summed E-state index contributed by atoms with van der Waals surface area (Å²) in [4.78, 5) is 21.4. The zero-order chi connectivity index (χ0) is 21.8. The van der Waals surface area contributed by atoms with Crippen LogP contribution in [0.2, 0.25) is 0 Å². The van der Waals surface area contributed by atoms with Crippen molar-refractivity contribution in [3.8, 4) is 11.4 Å². The van der Waals surface area contributed by atoms with Crippen LogP contribution in [-0.2, 0) is 11.0 Å². The number of rotatable bonds is 3. The first-order chi connectivity index (χ1) is 14.8. The van der Waals surface area contributed by atoms with Gasteiger partial charge in [-0.1, -0.05) is 17.3 Å². The van der Waals surface area contributed by atoms with Gasteiger partial charge in [0.15, 0.2) is 5.58 Å². The van der Waals surface area contributed by atoms with Crippen molar-refractivity contribution < 1.29 is 31.3 Å². The number of fused-ring (bicyclic) bond motifs is 1. The van der Waals surface area contributed by atoms with Crippen molar-refractivity contribution in [2.24, 2.45) is 0 Å². The summed E-state index contributed by atoms with van der Waals surface area (Å²) in [5.74, 6) is -2.81. The van der Waals surface area contributed by atoms with Crippen LogP contribution >= 0.6 is 0 Å². The number of hydrogen-bond acceptors (Lipinski definition) is 6. The summed E-state index contributed by atoms with van der Waals surface area (Å²) in [6.07, 6.45) is -4.25. The van der Waals surface area contributed by atoms with Crippen molar-refractivity contribution in [3.05, 3.63) is 60.1 Å². The number of para-hydroxylation sites is 2. The van der Waals surface area contributed by atoms with E-state index in [1.54, 1.807) is 24.3 Å². The number of aromatic nitrogens is 3. The Morgan fingerprint density at radius 1 is 1.10 bits per heavy atom. The van der Waals surface area contributed by atoms with E-state index in [1.807, 2.05) is 0 Å². The van der Waals surface area contributed by atoms with Crippen LogP contribution in [0.25, 0.3) is 22.5 Å². The molecule has 1 fully saturated rings. The van der Waals surface area contributed by atoms with E-state index < -0.39 is 29.8 Å². The van der Waals surface area contributed by atoms with Gasteiger partial charge in [-0.25, -0.2) is 9.37 Å². The summed E-state index contributed by atoms with van der Waals surface area (Å²) in [7, 11) is 0. The van der Waals surface area contributed by atoms with Crippen LogP contribution in [0.15, 0.2) is 51.4 Å². The molecule has 1 amide bonds. The van der Waals surface area contributed by atoms with Crippen LogP contribution < -0.4 is 4.90 Å². The maximum atomic E-state index is 14.9. The van der Waals surface area contributed by atoms with E-state index in [0.29, 0.717) is 17.5 Å². The van der Waals surface area contributed by atoms with E-state index in [1.165, 1.54) is 17.0 Å². The van der Waals surface area contributed by atoms with Crippen molar-refractivity contribution >= 4 is 22.7 Å².